The lowest BCUT2D eigenvalue weighted by Gasteiger charge is -2.35. The summed E-state index contributed by atoms with van der Waals surface area (Å²) in [4.78, 5) is 26.4. The number of methoxy groups -OCH3 is 3. The minimum atomic E-state index is -0.0825. The lowest BCUT2D eigenvalue weighted by atomic mass is 10.1. The molecular weight excluding hydrogens is 466 g/mol. The molecule has 1 saturated heterocycles. The highest BCUT2D eigenvalue weighted by Crippen LogP contribution is 2.39. The van der Waals surface area contributed by atoms with Gasteiger partial charge in [0.2, 0.25) is 5.75 Å². The van der Waals surface area contributed by atoms with E-state index >= 15 is 0 Å². The van der Waals surface area contributed by atoms with Gasteiger partial charge in [-0.1, -0.05) is 30.3 Å². The number of hydrogen-bond donors (Lipinski definition) is 0. The number of nitrogens with zero attached hydrogens (tertiary/aromatic N) is 5. The van der Waals surface area contributed by atoms with E-state index in [2.05, 4.69) is 19.2 Å². The van der Waals surface area contributed by atoms with Crippen LogP contribution >= 0.6 is 11.5 Å². The lowest BCUT2D eigenvalue weighted by molar-refractivity contribution is 0.0745. The fraction of sp³-hybridized carbons (Fsp3) is 0.280. The Hall–Kier alpha value is -3.92. The normalized spacial score (nSPS) is 13.7. The van der Waals surface area contributed by atoms with E-state index in [1.165, 1.54) is 32.9 Å². The van der Waals surface area contributed by atoms with Crippen molar-refractivity contribution in [3.05, 3.63) is 54.4 Å². The molecule has 35 heavy (non-hydrogen) atoms. The summed E-state index contributed by atoms with van der Waals surface area (Å²) in [5.74, 6) is 2.15. The lowest BCUT2D eigenvalue weighted by Crippen LogP contribution is -2.49. The Balaban J connectivity index is 1.35. The molecule has 10 heteroatoms. The zero-order chi connectivity index (χ0) is 24.4. The molecule has 3 heterocycles. The van der Waals surface area contributed by atoms with Crippen LogP contribution in [0.1, 0.15) is 10.4 Å². The molecule has 5 rings (SSSR count). The number of carbonyl (C=O) groups excluding carboxylic acids is 1. The molecule has 0 saturated carbocycles. The van der Waals surface area contributed by atoms with Crippen LogP contribution in [0.2, 0.25) is 0 Å². The Morgan fingerprint density at radius 2 is 1.60 bits per heavy atom. The highest BCUT2D eigenvalue weighted by Gasteiger charge is 2.27. The predicted molar refractivity (Wildman–Crippen MR) is 135 cm³/mol. The second-order valence-corrected chi connectivity index (χ2v) is 8.74. The number of carbonyl (C=O) groups is 1. The Labute approximate surface area is 207 Å². The molecule has 1 aliphatic heterocycles. The fourth-order valence-corrected chi connectivity index (χ4v) is 5.14. The van der Waals surface area contributed by atoms with E-state index in [1.807, 2.05) is 35.2 Å². The Bertz CT molecular complexity index is 1330. The monoisotopic (exact) mass is 491 g/mol. The van der Waals surface area contributed by atoms with Gasteiger partial charge < -0.3 is 24.0 Å². The third-order valence-corrected chi connectivity index (χ3v) is 6.90. The third kappa shape index (κ3) is 4.21. The summed E-state index contributed by atoms with van der Waals surface area (Å²) in [7, 11) is 4.61. The first kappa shape index (κ1) is 22.9. The van der Waals surface area contributed by atoms with E-state index in [1.54, 1.807) is 18.5 Å². The summed E-state index contributed by atoms with van der Waals surface area (Å²) in [5, 5.41) is 0. The maximum atomic E-state index is 13.3. The molecule has 0 atom stereocenters. The summed E-state index contributed by atoms with van der Waals surface area (Å²) in [6, 6.07) is 13.4. The second kappa shape index (κ2) is 9.75. The first-order chi connectivity index (χ1) is 17.1. The van der Waals surface area contributed by atoms with E-state index in [9.17, 15) is 4.79 Å². The maximum absolute atomic E-state index is 13.3. The van der Waals surface area contributed by atoms with Crippen LogP contribution in [0.25, 0.3) is 21.5 Å². The van der Waals surface area contributed by atoms with Gasteiger partial charge in [-0.2, -0.15) is 4.37 Å². The summed E-state index contributed by atoms with van der Waals surface area (Å²) >= 11 is 1.41. The molecule has 0 unspecified atom stereocenters. The van der Waals surface area contributed by atoms with Gasteiger partial charge in [0.15, 0.2) is 17.3 Å². The number of rotatable bonds is 6. The van der Waals surface area contributed by atoms with Gasteiger partial charge in [0, 0.05) is 37.3 Å². The van der Waals surface area contributed by atoms with E-state index in [0.717, 1.165) is 27.3 Å². The van der Waals surface area contributed by atoms with Crippen molar-refractivity contribution < 1.29 is 19.0 Å². The quantitative estimate of drug-likeness (QED) is 0.403. The minimum Gasteiger partial charge on any atom is -0.493 e. The number of amides is 1. The number of aromatic nitrogens is 3. The molecule has 1 fully saturated rings. The molecule has 180 valence electrons. The van der Waals surface area contributed by atoms with Crippen molar-refractivity contribution >= 4 is 33.5 Å². The number of hydrogen-bond acceptors (Lipinski definition) is 9. The van der Waals surface area contributed by atoms with Crippen LogP contribution in [0.15, 0.2) is 48.8 Å². The first-order valence-corrected chi connectivity index (χ1v) is 11.9. The van der Waals surface area contributed by atoms with Gasteiger partial charge in [-0.15, -0.1) is 0 Å². The zero-order valence-electron chi connectivity index (χ0n) is 19.7. The molecule has 9 nitrogen and oxygen atoms in total. The van der Waals surface area contributed by atoms with E-state index in [-0.39, 0.29) is 5.91 Å². The summed E-state index contributed by atoms with van der Waals surface area (Å²) < 4.78 is 21.8. The van der Waals surface area contributed by atoms with E-state index in [4.69, 9.17) is 14.2 Å². The van der Waals surface area contributed by atoms with Gasteiger partial charge in [0.25, 0.3) is 5.91 Å². The van der Waals surface area contributed by atoms with Crippen LogP contribution in [0.3, 0.4) is 0 Å². The molecule has 0 spiro atoms. The minimum absolute atomic E-state index is 0.0825. The van der Waals surface area contributed by atoms with Crippen LogP contribution in [0.4, 0.5) is 5.82 Å². The van der Waals surface area contributed by atoms with E-state index in [0.29, 0.717) is 49.0 Å². The standard InChI is InChI=1S/C25H25N5O4S/c1-32-18-13-17(14-19(33-2)22(18)34-3)25(31)30-11-9-29(10-12-30)24-23-21(26-15-27-24)20(28-35-23)16-7-5-4-6-8-16/h4-8,13-15H,9-12H2,1-3H3. The van der Waals surface area contributed by atoms with Crippen molar-refractivity contribution in [2.24, 2.45) is 0 Å². The van der Waals surface area contributed by atoms with Crippen molar-refractivity contribution in [2.45, 2.75) is 0 Å². The first-order valence-electron chi connectivity index (χ1n) is 11.1. The second-order valence-electron chi connectivity index (χ2n) is 7.97. The molecule has 0 aliphatic carbocycles. The van der Waals surface area contributed by atoms with Gasteiger partial charge >= 0.3 is 0 Å². The third-order valence-electron chi connectivity index (χ3n) is 6.06. The topological polar surface area (TPSA) is 89.9 Å². The van der Waals surface area contributed by atoms with E-state index < -0.39 is 0 Å². The number of fused-ring (bicyclic) bond motifs is 1. The molecule has 0 radical (unpaired) electrons. The fourth-order valence-electron chi connectivity index (χ4n) is 4.27. The maximum Gasteiger partial charge on any atom is 0.254 e. The van der Waals surface area contributed by atoms with Crippen LogP contribution in [-0.2, 0) is 0 Å². The van der Waals surface area contributed by atoms with Crippen LogP contribution in [0, 0.1) is 0 Å². The molecule has 4 aromatic rings. The summed E-state index contributed by atoms with van der Waals surface area (Å²) in [5.41, 5.74) is 3.24. The number of benzene rings is 2. The van der Waals surface area contributed by atoms with Crippen LogP contribution < -0.4 is 19.1 Å². The number of ether oxygens (including phenoxy) is 3. The number of piperazine rings is 1. The molecule has 0 bridgehead atoms. The Kier molecular flexibility index (Phi) is 6.37. The van der Waals surface area contributed by atoms with Gasteiger partial charge in [-0.3, -0.25) is 4.79 Å². The molecular formula is C25H25N5O4S. The Morgan fingerprint density at radius 3 is 2.23 bits per heavy atom. The molecule has 0 N–H and O–H groups in total. The van der Waals surface area contributed by atoms with Crippen molar-refractivity contribution in [3.63, 3.8) is 0 Å². The van der Waals surface area contributed by atoms with Crippen LogP contribution in [-0.4, -0.2) is 72.7 Å². The predicted octanol–water partition coefficient (Wildman–Crippen LogP) is 3.74. The SMILES string of the molecule is COc1cc(C(=O)N2CCN(c3ncnc4c(-c5ccccc5)nsc34)CC2)cc(OC)c1OC. The molecule has 1 aliphatic rings. The molecule has 1 amide bonds. The zero-order valence-corrected chi connectivity index (χ0v) is 20.5. The largest absolute Gasteiger partial charge is 0.493 e. The van der Waals surface area contributed by atoms with Gasteiger partial charge in [-0.05, 0) is 23.7 Å². The van der Waals surface area contributed by atoms with Crippen molar-refractivity contribution in [1.29, 1.82) is 0 Å². The average molecular weight is 492 g/mol. The van der Waals surface area contributed by atoms with Gasteiger partial charge in [0.1, 0.15) is 22.2 Å². The average Bonchev–Trinajstić information content (AvgIpc) is 3.37. The Morgan fingerprint density at radius 1 is 0.914 bits per heavy atom. The van der Waals surface area contributed by atoms with Crippen LogP contribution in [0.5, 0.6) is 17.2 Å². The highest BCUT2D eigenvalue weighted by molar-refractivity contribution is 7.14. The molecule has 2 aromatic carbocycles. The van der Waals surface area contributed by atoms with Crippen molar-refractivity contribution in [3.8, 4) is 28.5 Å². The summed E-state index contributed by atoms with van der Waals surface area (Å²) in [6.45, 7) is 2.43. The van der Waals surface area contributed by atoms with Crippen molar-refractivity contribution in [2.75, 3.05) is 52.4 Å². The van der Waals surface area contributed by atoms with Crippen molar-refractivity contribution in [1.82, 2.24) is 19.2 Å². The van der Waals surface area contributed by atoms with Gasteiger partial charge in [-0.25, -0.2) is 9.97 Å². The van der Waals surface area contributed by atoms with Gasteiger partial charge in [0.05, 0.1) is 21.3 Å². The highest BCUT2D eigenvalue weighted by atomic mass is 32.1. The molecule has 2 aromatic heterocycles. The summed E-state index contributed by atoms with van der Waals surface area (Å²) in [6.07, 6.45) is 1.59. The smallest absolute Gasteiger partial charge is 0.254 e. The number of anilines is 1.